The van der Waals surface area contributed by atoms with Crippen LogP contribution in [0.5, 0.6) is 0 Å². The van der Waals surface area contributed by atoms with Crippen LogP contribution in [0.1, 0.15) is 25.8 Å². The van der Waals surface area contributed by atoms with Crippen molar-refractivity contribution in [1.29, 1.82) is 0 Å². The van der Waals surface area contributed by atoms with Crippen LogP contribution < -0.4 is 11.1 Å². The quantitative estimate of drug-likeness (QED) is 0.176. The molecule has 1 aromatic rings. The summed E-state index contributed by atoms with van der Waals surface area (Å²) in [6, 6.07) is 6.50. The maximum Gasteiger partial charge on any atom is 0.269 e. The van der Waals surface area contributed by atoms with E-state index < -0.39 is 10.3 Å². The van der Waals surface area contributed by atoms with Crippen LogP contribution >= 0.6 is 0 Å². The molecule has 1 aromatic carbocycles. The molecule has 0 saturated heterocycles. The maximum absolute atomic E-state index is 10.7. The van der Waals surface area contributed by atoms with E-state index in [2.05, 4.69) is 10.5 Å². The van der Waals surface area contributed by atoms with Crippen LogP contribution in [-0.4, -0.2) is 22.5 Å². The number of amidine groups is 1. The van der Waals surface area contributed by atoms with Crippen molar-refractivity contribution in [3.05, 3.63) is 39.9 Å². The number of nitrogens with one attached hydrogen (secondary N) is 1. The second-order valence-corrected chi connectivity index (χ2v) is 5.22. The fourth-order valence-corrected chi connectivity index (χ4v) is 1.68. The van der Waals surface area contributed by atoms with E-state index in [0.717, 1.165) is 5.56 Å². The van der Waals surface area contributed by atoms with E-state index in [1.165, 1.54) is 6.07 Å². The molecule has 7 heteroatoms. The standard InChI is InChI=1S/C13H20N4O3/c1-13(2,12(14)16-18)6-7-15-9-10-4-3-5-11(8-10)17(19)20/h3-5,8,15,18H,6-7,9H2,1-2H3,(H2,14,16). The van der Waals surface area contributed by atoms with E-state index in [4.69, 9.17) is 10.9 Å². The summed E-state index contributed by atoms with van der Waals surface area (Å²) >= 11 is 0. The summed E-state index contributed by atoms with van der Waals surface area (Å²) in [4.78, 5) is 10.2. The predicted octanol–water partition coefficient (Wildman–Crippen LogP) is 1.85. The molecule has 0 fully saturated rings. The number of nitrogens with zero attached hydrogens (tertiary/aromatic N) is 2. The molecule has 0 aliphatic carbocycles. The molecule has 0 bridgehead atoms. The SMILES string of the molecule is CC(C)(CCNCc1cccc([N+](=O)[O-])c1)C(N)=NO. The summed E-state index contributed by atoms with van der Waals surface area (Å²) in [6.45, 7) is 4.97. The molecule has 0 aliphatic heterocycles. The van der Waals surface area contributed by atoms with Gasteiger partial charge in [-0.15, -0.1) is 0 Å². The highest BCUT2D eigenvalue weighted by atomic mass is 16.6. The smallest absolute Gasteiger partial charge is 0.269 e. The number of hydrogen-bond donors (Lipinski definition) is 3. The third-order valence-corrected chi connectivity index (χ3v) is 3.18. The number of nitro benzene ring substituents is 1. The first-order valence-electron chi connectivity index (χ1n) is 6.29. The molecule has 0 aliphatic rings. The molecule has 0 spiro atoms. The van der Waals surface area contributed by atoms with Gasteiger partial charge in [0.15, 0.2) is 0 Å². The fourth-order valence-electron chi connectivity index (χ4n) is 1.68. The van der Waals surface area contributed by atoms with Crippen molar-refractivity contribution in [3.63, 3.8) is 0 Å². The van der Waals surface area contributed by atoms with Gasteiger partial charge in [-0.1, -0.05) is 31.1 Å². The first-order chi connectivity index (χ1) is 9.36. The molecule has 0 saturated carbocycles. The van der Waals surface area contributed by atoms with Crippen molar-refractivity contribution < 1.29 is 10.1 Å². The van der Waals surface area contributed by atoms with E-state index in [1.54, 1.807) is 12.1 Å². The van der Waals surface area contributed by atoms with Crippen molar-refractivity contribution in [2.24, 2.45) is 16.3 Å². The monoisotopic (exact) mass is 280 g/mol. The molecule has 0 heterocycles. The van der Waals surface area contributed by atoms with E-state index in [-0.39, 0.29) is 11.5 Å². The third kappa shape index (κ3) is 4.51. The Morgan fingerprint density at radius 2 is 2.25 bits per heavy atom. The largest absolute Gasteiger partial charge is 0.409 e. The number of non-ortho nitro benzene ring substituents is 1. The molecular weight excluding hydrogens is 260 g/mol. The molecule has 110 valence electrons. The minimum Gasteiger partial charge on any atom is -0.409 e. The second-order valence-electron chi connectivity index (χ2n) is 5.22. The molecule has 7 nitrogen and oxygen atoms in total. The normalized spacial score (nSPS) is 12.4. The van der Waals surface area contributed by atoms with Crippen molar-refractivity contribution >= 4 is 11.5 Å². The number of nitrogens with two attached hydrogens (primary N) is 1. The first kappa shape index (κ1) is 15.9. The van der Waals surface area contributed by atoms with Crippen LogP contribution in [0.2, 0.25) is 0 Å². The lowest BCUT2D eigenvalue weighted by molar-refractivity contribution is -0.384. The molecule has 0 aromatic heterocycles. The Hall–Kier alpha value is -2.15. The first-order valence-corrected chi connectivity index (χ1v) is 6.29. The van der Waals surface area contributed by atoms with Crippen molar-refractivity contribution in [1.82, 2.24) is 5.32 Å². The van der Waals surface area contributed by atoms with Gasteiger partial charge in [0.25, 0.3) is 5.69 Å². The van der Waals surface area contributed by atoms with E-state index in [1.807, 2.05) is 19.9 Å². The highest BCUT2D eigenvalue weighted by Crippen LogP contribution is 2.19. The van der Waals surface area contributed by atoms with Gasteiger partial charge >= 0.3 is 0 Å². The molecule has 1 rings (SSSR count). The summed E-state index contributed by atoms with van der Waals surface area (Å²) < 4.78 is 0. The number of rotatable bonds is 7. The Morgan fingerprint density at radius 1 is 1.55 bits per heavy atom. The minimum atomic E-state index is -0.412. The molecule has 0 atom stereocenters. The van der Waals surface area contributed by atoms with Crippen LogP contribution in [0.3, 0.4) is 0 Å². The second kappa shape index (κ2) is 6.85. The molecule has 4 N–H and O–H groups in total. The van der Waals surface area contributed by atoms with E-state index >= 15 is 0 Å². The van der Waals surface area contributed by atoms with Crippen LogP contribution in [0, 0.1) is 15.5 Å². The zero-order chi connectivity index (χ0) is 15.2. The topological polar surface area (TPSA) is 114 Å². The van der Waals surface area contributed by atoms with E-state index in [0.29, 0.717) is 19.5 Å². The average molecular weight is 280 g/mol. The molecule has 20 heavy (non-hydrogen) atoms. The lowest BCUT2D eigenvalue weighted by Crippen LogP contribution is -2.34. The van der Waals surface area contributed by atoms with Gasteiger partial charge in [0.05, 0.1) is 4.92 Å². The van der Waals surface area contributed by atoms with Gasteiger partial charge in [0.2, 0.25) is 0 Å². The lowest BCUT2D eigenvalue weighted by atomic mass is 9.88. The van der Waals surface area contributed by atoms with E-state index in [9.17, 15) is 10.1 Å². The van der Waals surface area contributed by atoms with Gasteiger partial charge in [-0.2, -0.15) is 0 Å². The Kier molecular flexibility index (Phi) is 5.45. The summed E-state index contributed by atoms with van der Waals surface area (Å²) in [7, 11) is 0. The lowest BCUT2D eigenvalue weighted by Gasteiger charge is -2.22. The minimum absolute atomic E-state index is 0.0845. The Balaban J connectivity index is 2.46. The summed E-state index contributed by atoms with van der Waals surface area (Å²) in [5, 5.41) is 25.5. The fraction of sp³-hybridized carbons (Fsp3) is 0.462. The van der Waals surface area contributed by atoms with Crippen LogP contribution in [0.4, 0.5) is 5.69 Å². The zero-order valence-electron chi connectivity index (χ0n) is 11.7. The summed E-state index contributed by atoms with van der Waals surface area (Å²) in [5.41, 5.74) is 6.13. The molecular formula is C13H20N4O3. The van der Waals surface area contributed by atoms with Gasteiger partial charge in [-0.3, -0.25) is 10.1 Å². The van der Waals surface area contributed by atoms with Crippen molar-refractivity contribution in [3.8, 4) is 0 Å². The van der Waals surface area contributed by atoms with Gasteiger partial charge in [0.1, 0.15) is 5.84 Å². The van der Waals surface area contributed by atoms with Gasteiger partial charge in [0, 0.05) is 24.1 Å². The predicted molar refractivity (Wildman–Crippen MR) is 76.6 cm³/mol. The highest BCUT2D eigenvalue weighted by molar-refractivity contribution is 5.85. The highest BCUT2D eigenvalue weighted by Gasteiger charge is 2.22. The molecule has 0 radical (unpaired) electrons. The molecule has 0 amide bonds. The van der Waals surface area contributed by atoms with Gasteiger partial charge in [-0.25, -0.2) is 0 Å². The van der Waals surface area contributed by atoms with Crippen molar-refractivity contribution in [2.75, 3.05) is 6.54 Å². The Labute approximate surface area is 117 Å². The number of nitro groups is 1. The van der Waals surface area contributed by atoms with Crippen molar-refractivity contribution in [2.45, 2.75) is 26.8 Å². The van der Waals surface area contributed by atoms with Crippen LogP contribution in [0.25, 0.3) is 0 Å². The van der Waals surface area contributed by atoms with Gasteiger partial charge in [-0.05, 0) is 18.5 Å². The maximum atomic E-state index is 10.7. The van der Waals surface area contributed by atoms with Crippen LogP contribution in [0.15, 0.2) is 29.4 Å². The number of benzene rings is 1. The third-order valence-electron chi connectivity index (χ3n) is 3.18. The van der Waals surface area contributed by atoms with Gasteiger partial charge < -0.3 is 16.3 Å². The summed E-state index contributed by atoms with van der Waals surface area (Å²) in [5.74, 6) is 0.189. The Bertz CT molecular complexity index is 500. The number of oxime groups is 1. The zero-order valence-corrected chi connectivity index (χ0v) is 11.7. The Morgan fingerprint density at radius 3 is 2.85 bits per heavy atom. The average Bonchev–Trinajstić information content (AvgIpc) is 2.43. The molecule has 0 unspecified atom stereocenters. The summed E-state index contributed by atoms with van der Waals surface area (Å²) in [6.07, 6.45) is 0.692. The number of hydrogen-bond acceptors (Lipinski definition) is 5. The van der Waals surface area contributed by atoms with Crippen LogP contribution in [-0.2, 0) is 6.54 Å².